The summed E-state index contributed by atoms with van der Waals surface area (Å²) in [6.07, 6.45) is -0.141. The van der Waals surface area contributed by atoms with Crippen molar-refractivity contribution in [3.05, 3.63) is 0 Å². The molecule has 0 spiro atoms. The third-order valence-electron chi connectivity index (χ3n) is 1.66. The maximum Gasteiger partial charge on any atom is 0.320 e. The largest absolute Gasteiger partial charge is 0.481 e. The highest BCUT2D eigenvalue weighted by atomic mass is 16.4. The van der Waals surface area contributed by atoms with Gasteiger partial charge in [-0.05, 0) is 6.42 Å². The molecule has 0 fully saturated rings. The van der Waals surface area contributed by atoms with E-state index in [4.69, 9.17) is 15.9 Å². The second-order valence-electron chi connectivity index (χ2n) is 2.98. The Morgan fingerprint density at radius 3 is 2.27 bits per heavy atom. The van der Waals surface area contributed by atoms with Gasteiger partial charge in [0.15, 0.2) is 0 Å². The van der Waals surface area contributed by atoms with Crippen molar-refractivity contribution in [3.8, 4) is 0 Å². The van der Waals surface area contributed by atoms with Crippen molar-refractivity contribution in [3.63, 3.8) is 0 Å². The summed E-state index contributed by atoms with van der Waals surface area (Å²) in [6.45, 7) is 0.0382. The molecule has 1 amide bonds. The van der Waals surface area contributed by atoms with Crippen LogP contribution in [-0.4, -0.2) is 40.6 Å². The number of carbonyl (C=O) groups excluding carboxylic acids is 1. The van der Waals surface area contributed by atoms with E-state index < -0.39 is 23.9 Å². The molecule has 0 rings (SSSR count). The van der Waals surface area contributed by atoms with Gasteiger partial charge in [0.25, 0.3) is 0 Å². The molecule has 0 saturated carbocycles. The van der Waals surface area contributed by atoms with E-state index >= 15 is 0 Å². The van der Waals surface area contributed by atoms with Crippen LogP contribution in [0.4, 0.5) is 0 Å². The Kier molecular flexibility index (Phi) is 6.03. The molecule has 86 valence electrons. The minimum Gasteiger partial charge on any atom is -0.481 e. The number of carbonyl (C=O) groups is 3. The highest BCUT2D eigenvalue weighted by Gasteiger charge is 2.13. The van der Waals surface area contributed by atoms with Crippen molar-refractivity contribution in [2.24, 2.45) is 5.73 Å². The third-order valence-corrected chi connectivity index (χ3v) is 1.66. The van der Waals surface area contributed by atoms with Crippen LogP contribution < -0.4 is 11.1 Å². The van der Waals surface area contributed by atoms with Crippen LogP contribution in [0.1, 0.15) is 19.3 Å². The molecule has 0 aliphatic carbocycles. The molecule has 0 bridgehead atoms. The Balaban J connectivity index is 3.57. The Morgan fingerprint density at radius 1 is 1.20 bits per heavy atom. The van der Waals surface area contributed by atoms with Gasteiger partial charge < -0.3 is 21.3 Å². The van der Waals surface area contributed by atoms with E-state index in [1.165, 1.54) is 0 Å². The van der Waals surface area contributed by atoms with Gasteiger partial charge in [0.1, 0.15) is 6.04 Å². The maximum atomic E-state index is 11.0. The fraction of sp³-hybridized carbons (Fsp3) is 0.625. The number of hydrogen-bond acceptors (Lipinski definition) is 4. The average molecular weight is 218 g/mol. The molecule has 0 aromatic carbocycles. The first-order valence-corrected chi connectivity index (χ1v) is 4.40. The van der Waals surface area contributed by atoms with Crippen LogP contribution in [0.2, 0.25) is 0 Å². The topological polar surface area (TPSA) is 130 Å². The average Bonchev–Trinajstić information content (AvgIpc) is 2.13. The molecule has 0 radical (unpaired) electrons. The van der Waals surface area contributed by atoms with E-state index in [-0.39, 0.29) is 25.8 Å². The predicted molar refractivity (Wildman–Crippen MR) is 50.1 cm³/mol. The van der Waals surface area contributed by atoms with Gasteiger partial charge in [0, 0.05) is 13.0 Å². The predicted octanol–water partition coefficient (Wildman–Crippen LogP) is -1.23. The SMILES string of the molecule is NC(CCC(=O)NCCC(=O)O)C(=O)O. The highest BCUT2D eigenvalue weighted by molar-refractivity contribution is 5.78. The van der Waals surface area contributed by atoms with Crippen LogP contribution in [0.5, 0.6) is 0 Å². The summed E-state index contributed by atoms with van der Waals surface area (Å²) in [5.74, 6) is -2.56. The standard InChI is InChI=1S/C8H14N2O5/c9-5(8(14)15)1-2-6(11)10-4-3-7(12)13/h5H,1-4,9H2,(H,10,11)(H,12,13)(H,14,15). The summed E-state index contributed by atoms with van der Waals surface area (Å²) in [7, 11) is 0. The molecule has 15 heavy (non-hydrogen) atoms. The Labute approximate surface area is 86.3 Å². The van der Waals surface area contributed by atoms with Crippen LogP contribution in [-0.2, 0) is 14.4 Å². The second-order valence-corrected chi connectivity index (χ2v) is 2.98. The van der Waals surface area contributed by atoms with Crippen molar-refractivity contribution in [1.29, 1.82) is 0 Å². The summed E-state index contributed by atoms with van der Waals surface area (Å²) in [5.41, 5.74) is 5.17. The van der Waals surface area contributed by atoms with E-state index in [1.807, 2.05) is 0 Å². The molecule has 0 heterocycles. The van der Waals surface area contributed by atoms with Crippen LogP contribution in [0.3, 0.4) is 0 Å². The molecule has 7 nitrogen and oxygen atoms in total. The van der Waals surface area contributed by atoms with Gasteiger partial charge >= 0.3 is 11.9 Å². The lowest BCUT2D eigenvalue weighted by atomic mass is 10.1. The van der Waals surface area contributed by atoms with Gasteiger partial charge in [0.05, 0.1) is 6.42 Å². The molecule has 7 heteroatoms. The number of hydrogen-bond donors (Lipinski definition) is 4. The number of carboxylic acids is 2. The zero-order valence-corrected chi connectivity index (χ0v) is 8.10. The molecule has 0 aliphatic heterocycles. The molecule has 1 atom stereocenters. The van der Waals surface area contributed by atoms with Crippen LogP contribution in [0.25, 0.3) is 0 Å². The van der Waals surface area contributed by atoms with Crippen LogP contribution in [0, 0.1) is 0 Å². The first-order valence-electron chi connectivity index (χ1n) is 4.40. The van der Waals surface area contributed by atoms with E-state index in [0.717, 1.165) is 0 Å². The minimum absolute atomic E-state index is 0.0207. The molecule has 0 saturated heterocycles. The van der Waals surface area contributed by atoms with Crippen molar-refractivity contribution in [2.75, 3.05) is 6.54 Å². The number of aliphatic carboxylic acids is 2. The van der Waals surface area contributed by atoms with E-state index in [0.29, 0.717) is 0 Å². The first kappa shape index (κ1) is 13.4. The van der Waals surface area contributed by atoms with E-state index in [2.05, 4.69) is 5.32 Å². The monoisotopic (exact) mass is 218 g/mol. The van der Waals surface area contributed by atoms with Gasteiger partial charge in [-0.1, -0.05) is 0 Å². The Bertz CT molecular complexity index is 253. The number of nitrogens with two attached hydrogens (primary N) is 1. The van der Waals surface area contributed by atoms with Crippen molar-refractivity contribution in [1.82, 2.24) is 5.32 Å². The normalized spacial score (nSPS) is 11.8. The van der Waals surface area contributed by atoms with Crippen LogP contribution in [0.15, 0.2) is 0 Å². The fourth-order valence-electron chi connectivity index (χ4n) is 0.807. The van der Waals surface area contributed by atoms with Crippen molar-refractivity contribution < 1.29 is 24.6 Å². The van der Waals surface area contributed by atoms with Gasteiger partial charge in [-0.3, -0.25) is 14.4 Å². The smallest absolute Gasteiger partial charge is 0.320 e. The lowest BCUT2D eigenvalue weighted by molar-refractivity contribution is -0.139. The summed E-state index contributed by atoms with van der Waals surface area (Å²) >= 11 is 0. The van der Waals surface area contributed by atoms with Crippen LogP contribution >= 0.6 is 0 Å². The van der Waals surface area contributed by atoms with E-state index in [9.17, 15) is 14.4 Å². The van der Waals surface area contributed by atoms with Crippen molar-refractivity contribution >= 4 is 17.8 Å². The molecular weight excluding hydrogens is 204 g/mol. The minimum atomic E-state index is -1.16. The Morgan fingerprint density at radius 2 is 1.80 bits per heavy atom. The first-order chi connectivity index (χ1) is 6.93. The lowest BCUT2D eigenvalue weighted by Gasteiger charge is -2.06. The zero-order chi connectivity index (χ0) is 11.8. The zero-order valence-electron chi connectivity index (χ0n) is 8.10. The molecule has 0 aromatic rings. The number of amides is 1. The Hall–Kier alpha value is -1.63. The van der Waals surface area contributed by atoms with E-state index in [1.54, 1.807) is 0 Å². The second kappa shape index (κ2) is 6.77. The molecule has 5 N–H and O–H groups in total. The maximum absolute atomic E-state index is 11.0. The van der Waals surface area contributed by atoms with Gasteiger partial charge in [-0.2, -0.15) is 0 Å². The summed E-state index contributed by atoms with van der Waals surface area (Å²) in [6, 6.07) is -1.06. The molecule has 0 aliphatic rings. The summed E-state index contributed by atoms with van der Waals surface area (Å²) in [5, 5.41) is 19.0. The highest BCUT2D eigenvalue weighted by Crippen LogP contribution is 1.94. The summed E-state index contributed by atoms with van der Waals surface area (Å²) < 4.78 is 0. The third kappa shape index (κ3) is 7.44. The van der Waals surface area contributed by atoms with Gasteiger partial charge in [0.2, 0.25) is 5.91 Å². The number of rotatable bonds is 7. The number of nitrogens with one attached hydrogen (secondary N) is 1. The molecule has 1 unspecified atom stereocenters. The van der Waals surface area contributed by atoms with Crippen molar-refractivity contribution in [2.45, 2.75) is 25.3 Å². The molecule has 0 aromatic heterocycles. The number of carboxylic acid groups (broad SMARTS) is 2. The van der Waals surface area contributed by atoms with Gasteiger partial charge in [-0.25, -0.2) is 0 Å². The quantitative estimate of drug-likeness (QED) is 0.423. The van der Waals surface area contributed by atoms with Gasteiger partial charge in [-0.15, -0.1) is 0 Å². The summed E-state index contributed by atoms with van der Waals surface area (Å²) in [4.78, 5) is 31.4. The molecular formula is C8H14N2O5. The lowest BCUT2D eigenvalue weighted by Crippen LogP contribution is -2.33. The fourth-order valence-corrected chi connectivity index (χ4v) is 0.807.